The number of aliphatic carboxylic acids is 1. The zero-order chi connectivity index (χ0) is 14.6. The maximum atomic E-state index is 11.6. The highest BCUT2D eigenvalue weighted by atomic mass is 32.2. The molecule has 104 valence electrons. The number of nitrogens with one attached hydrogen (secondary N) is 1. The molecular weight excluding hydrogens is 268 g/mol. The third kappa shape index (κ3) is 4.38. The summed E-state index contributed by atoms with van der Waals surface area (Å²) in [4.78, 5) is 10.4. The Kier molecular flexibility index (Phi) is 4.68. The highest BCUT2D eigenvalue weighted by Crippen LogP contribution is 2.18. The molecule has 0 radical (unpaired) electrons. The first-order valence-electron chi connectivity index (χ1n) is 5.44. The van der Waals surface area contributed by atoms with E-state index in [-0.39, 0.29) is 0 Å². The molecule has 6 nitrogen and oxygen atoms in total. The second kappa shape index (κ2) is 5.85. The van der Waals surface area contributed by atoms with Crippen molar-refractivity contribution in [3.63, 3.8) is 0 Å². The number of rotatable bonds is 5. The van der Waals surface area contributed by atoms with Crippen molar-refractivity contribution in [2.45, 2.75) is 6.92 Å². The van der Waals surface area contributed by atoms with Gasteiger partial charge in [-0.05, 0) is 36.3 Å². The largest absolute Gasteiger partial charge is 0.478 e. The minimum absolute atomic E-state index is 0.429. The summed E-state index contributed by atoms with van der Waals surface area (Å²) in [6, 6.07) is 4.88. The van der Waals surface area contributed by atoms with Crippen LogP contribution in [0.5, 0.6) is 0 Å². The molecule has 1 aromatic carbocycles. The third-order valence-electron chi connectivity index (χ3n) is 2.40. The number of anilines is 1. The number of aryl methyl sites for hydroxylation is 1. The number of benzene rings is 1. The van der Waals surface area contributed by atoms with E-state index in [9.17, 15) is 13.2 Å². The lowest BCUT2D eigenvalue weighted by atomic mass is 10.1. The lowest BCUT2D eigenvalue weighted by Gasteiger charge is -2.14. The van der Waals surface area contributed by atoms with Gasteiger partial charge in [-0.3, -0.25) is 4.72 Å². The van der Waals surface area contributed by atoms with Crippen LogP contribution in [0.25, 0.3) is 6.08 Å². The van der Waals surface area contributed by atoms with Crippen molar-refractivity contribution in [1.29, 1.82) is 0 Å². The van der Waals surface area contributed by atoms with Gasteiger partial charge in [0.15, 0.2) is 0 Å². The molecule has 19 heavy (non-hydrogen) atoms. The van der Waals surface area contributed by atoms with Crippen LogP contribution in [-0.2, 0) is 15.0 Å². The van der Waals surface area contributed by atoms with E-state index in [4.69, 9.17) is 5.11 Å². The zero-order valence-electron chi connectivity index (χ0n) is 10.9. The molecule has 1 aromatic rings. The average molecular weight is 284 g/mol. The van der Waals surface area contributed by atoms with Crippen molar-refractivity contribution in [2.75, 3.05) is 18.8 Å². The molecule has 0 atom stereocenters. The summed E-state index contributed by atoms with van der Waals surface area (Å²) >= 11 is 0. The molecule has 2 N–H and O–H groups in total. The lowest BCUT2D eigenvalue weighted by molar-refractivity contribution is -0.131. The Hall–Kier alpha value is -1.86. The molecule has 0 saturated carbocycles. The smallest absolute Gasteiger partial charge is 0.328 e. The molecule has 1 rings (SSSR count). The van der Waals surface area contributed by atoms with Crippen LogP contribution in [0.2, 0.25) is 0 Å². The van der Waals surface area contributed by atoms with Gasteiger partial charge in [0.1, 0.15) is 0 Å². The van der Waals surface area contributed by atoms with Gasteiger partial charge in [-0.25, -0.2) is 4.79 Å². The first-order valence-corrected chi connectivity index (χ1v) is 6.88. The van der Waals surface area contributed by atoms with Gasteiger partial charge in [-0.1, -0.05) is 6.07 Å². The van der Waals surface area contributed by atoms with Crippen LogP contribution in [0.3, 0.4) is 0 Å². The van der Waals surface area contributed by atoms with Gasteiger partial charge in [0.05, 0.1) is 5.69 Å². The standard InChI is InChI=1S/C12H16N2O4S/c1-9-8-11(13-19(17,18)14(2)3)6-4-10(9)5-7-12(15)16/h4-8,13H,1-3H3,(H,15,16). The average Bonchev–Trinajstić information content (AvgIpc) is 2.26. The monoisotopic (exact) mass is 284 g/mol. The Bertz CT molecular complexity index is 606. The molecule has 0 amide bonds. The second-order valence-electron chi connectivity index (χ2n) is 4.13. The minimum atomic E-state index is -3.54. The maximum Gasteiger partial charge on any atom is 0.328 e. The van der Waals surface area contributed by atoms with Gasteiger partial charge in [-0.2, -0.15) is 12.7 Å². The molecule has 0 bridgehead atoms. The Balaban J connectivity index is 2.98. The van der Waals surface area contributed by atoms with Gasteiger partial charge in [-0.15, -0.1) is 0 Å². The third-order valence-corrected chi connectivity index (χ3v) is 3.86. The summed E-state index contributed by atoms with van der Waals surface area (Å²) in [5.74, 6) is -1.03. The number of carboxylic acids is 1. The van der Waals surface area contributed by atoms with Crippen LogP contribution < -0.4 is 4.72 Å². The van der Waals surface area contributed by atoms with Crippen molar-refractivity contribution in [2.24, 2.45) is 0 Å². The summed E-state index contributed by atoms with van der Waals surface area (Å²) < 4.78 is 26.7. The van der Waals surface area contributed by atoms with Gasteiger partial charge in [0.25, 0.3) is 0 Å². The maximum absolute atomic E-state index is 11.6. The molecule has 0 aliphatic carbocycles. The molecule has 0 heterocycles. The van der Waals surface area contributed by atoms with Crippen LogP contribution in [0.1, 0.15) is 11.1 Å². The lowest BCUT2D eigenvalue weighted by Crippen LogP contribution is -2.28. The van der Waals surface area contributed by atoms with Crippen molar-refractivity contribution in [3.05, 3.63) is 35.4 Å². The normalized spacial score (nSPS) is 12.0. The van der Waals surface area contributed by atoms with E-state index in [1.54, 1.807) is 25.1 Å². The molecular formula is C12H16N2O4S. The number of carbonyl (C=O) groups is 1. The number of carboxylic acid groups (broad SMARTS) is 1. The van der Waals surface area contributed by atoms with Crippen molar-refractivity contribution >= 4 is 27.9 Å². The van der Waals surface area contributed by atoms with Crippen LogP contribution in [-0.4, -0.2) is 37.9 Å². The summed E-state index contributed by atoms with van der Waals surface area (Å²) in [6.45, 7) is 1.77. The highest BCUT2D eigenvalue weighted by Gasteiger charge is 2.13. The topological polar surface area (TPSA) is 86.7 Å². The molecule has 7 heteroatoms. The summed E-state index contributed by atoms with van der Waals surface area (Å²) in [5, 5.41) is 8.55. The summed E-state index contributed by atoms with van der Waals surface area (Å²) in [7, 11) is -0.676. The molecule has 0 saturated heterocycles. The molecule has 0 unspecified atom stereocenters. The van der Waals surface area contributed by atoms with Crippen LogP contribution in [0.15, 0.2) is 24.3 Å². The van der Waals surface area contributed by atoms with E-state index in [2.05, 4.69) is 4.72 Å². The van der Waals surface area contributed by atoms with E-state index in [1.807, 2.05) is 0 Å². The molecule has 0 aromatic heterocycles. The Labute approximate surface area is 112 Å². The van der Waals surface area contributed by atoms with Gasteiger partial charge in [0.2, 0.25) is 0 Å². The number of hydrogen-bond donors (Lipinski definition) is 2. The predicted molar refractivity (Wildman–Crippen MR) is 74.1 cm³/mol. The van der Waals surface area contributed by atoms with Gasteiger partial charge < -0.3 is 5.11 Å². The van der Waals surface area contributed by atoms with Crippen molar-refractivity contribution in [1.82, 2.24) is 4.31 Å². The Morgan fingerprint density at radius 3 is 2.47 bits per heavy atom. The zero-order valence-corrected chi connectivity index (χ0v) is 11.7. The van der Waals surface area contributed by atoms with E-state index in [0.717, 1.165) is 21.5 Å². The molecule has 0 aliphatic heterocycles. The predicted octanol–water partition coefficient (Wildman–Crippen LogP) is 1.31. The molecule has 0 fully saturated rings. The minimum Gasteiger partial charge on any atom is -0.478 e. The quantitative estimate of drug-likeness (QED) is 0.798. The van der Waals surface area contributed by atoms with Gasteiger partial charge in [0, 0.05) is 20.2 Å². The van der Waals surface area contributed by atoms with Gasteiger partial charge >= 0.3 is 16.2 Å². The van der Waals surface area contributed by atoms with Crippen LogP contribution >= 0.6 is 0 Å². The van der Waals surface area contributed by atoms with Crippen LogP contribution in [0.4, 0.5) is 5.69 Å². The summed E-state index contributed by atoms with van der Waals surface area (Å²) in [5.41, 5.74) is 1.92. The van der Waals surface area contributed by atoms with E-state index >= 15 is 0 Å². The van der Waals surface area contributed by atoms with E-state index in [1.165, 1.54) is 20.2 Å². The highest BCUT2D eigenvalue weighted by molar-refractivity contribution is 7.90. The number of hydrogen-bond acceptors (Lipinski definition) is 3. The molecule has 0 spiro atoms. The van der Waals surface area contributed by atoms with Crippen molar-refractivity contribution < 1.29 is 18.3 Å². The second-order valence-corrected chi connectivity index (χ2v) is 6.02. The van der Waals surface area contributed by atoms with E-state index in [0.29, 0.717) is 5.69 Å². The molecule has 0 aliphatic rings. The Morgan fingerprint density at radius 1 is 1.37 bits per heavy atom. The Morgan fingerprint density at radius 2 is 2.00 bits per heavy atom. The first-order chi connectivity index (χ1) is 8.72. The SMILES string of the molecule is Cc1cc(NS(=O)(=O)N(C)C)ccc1C=CC(=O)O. The van der Waals surface area contributed by atoms with Crippen LogP contribution in [0, 0.1) is 6.92 Å². The first kappa shape index (κ1) is 15.2. The van der Waals surface area contributed by atoms with Crippen molar-refractivity contribution in [3.8, 4) is 0 Å². The van der Waals surface area contributed by atoms with E-state index < -0.39 is 16.2 Å². The fraction of sp³-hybridized carbons (Fsp3) is 0.250. The fourth-order valence-corrected chi connectivity index (χ4v) is 1.93. The number of nitrogens with zero attached hydrogens (tertiary/aromatic N) is 1. The summed E-state index contributed by atoms with van der Waals surface area (Å²) in [6.07, 6.45) is 2.49. The fourth-order valence-electron chi connectivity index (χ4n) is 1.33.